The molecule has 0 unspecified atom stereocenters. The van der Waals surface area contributed by atoms with Gasteiger partial charge in [0.15, 0.2) is 11.6 Å². The molecule has 0 radical (unpaired) electrons. The third-order valence-corrected chi connectivity index (χ3v) is 15.2. The molecule has 4 aromatic heterocycles. The second-order valence-corrected chi connectivity index (χ2v) is 19.5. The van der Waals surface area contributed by atoms with Gasteiger partial charge in [0, 0.05) is 37.3 Å². The van der Waals surface area contributed by atoms with E-state index in [0.717, 1.165) is 136 Å². The fourth-order valence-electron chi connectivity index (χ4n) is 10.4. The number of anilines is 2. The van der Waals surface area contributed by atoms with Gasteiger partial charge in [-0.25, -0.2) is 48.7 Å². The summed E-state index contributed by atoms with van der Waals surface area (Å²) in [6, 6.07) is 6.95. The molecule has 0 spiro atoms. The van der Waals surface area contributed by atoms with Crippen LogP contribution in [0.2, 0.25) is 0 Å². The van der Waals surface area contributed by atoms with Crippen LogP contribution in [0, 0.1) is 37.3 Å². The summed E-state index contributed by atoms with van der Waals surface area (Å²) in [5.74, 6) is 2.60. The number of aromatic amines is 2. The van der Waals surface area contributed by atoms with E-state index in [1.807, 2.05) is 12.4 Å². The van der Waals surface area contributed by atoms with E-state index in [4.69, 9.17) is 24.9 Å². The van der Waals surface area contributed by atoms with Crippen LogP contribution in [0.1, 0.15) is 124 Å². The van der Waals surface area contributed by atoms with Crippen molar-refractivity contribution >= 4 is 34.0 Å². The summed E-state index contributed by atoms with van der Waals surface area (Å²) in [6.45, 7) is 10.3. The molecular weight excluding hydrogens is 807 g/mol. The third kappa shape index (κ3) is 8.71. The first-order valence-corrected chi connectivity index (χ1v) is 24.1. The van der Waals surface area contributed by atoms with Crippen molar-refractivity contribution in [2.45, 2.75) is 116 Å². The number of fused-ring (bicyclic) bond motifs is 2. The number of hydrogen-bond donors (Lipinski definition) is 2. The number of halogens is 2. The Balaban J connectivity index is 1.05. The highest BCUT2D eigenvalue weighted by Gasteiger charge is 2.32. The lowest BCUT2D eigenvalue weighted by molar-refractivity contribution is 0.209. The molecule has 338 valence electrons. The van der Waals surface area contributed by atoms with Gasteiger partial charge in [0.25, 0.3) is 0 Å². The number of nitrogens with zero attached hydrogens (tertiary/aromatic N) is 10. The van der Waals surface area contributed by atoms with E-state index in [9.17, 15) is 8.78 Å². The van der Waals surface area contributed by atoms with Gasteiger partial charge >= 0.3 is 0 Å². The van der Waals surface area contributed by atoms with Crippen LogP contribution in [-0.2, 0) is 0 Å². The van der Waals surface area contributed by atoms with E-state index in [0.29, 0.717) is 47.5 Å². The highest BCUT2D eigenvalue weighted by atomic mass is 19.2. The second kappa shape index (κ2) is 18.4. The minimum absolute atomic E-state index is 0.0132. The molecule has 2 aromatic carbocycles. The smallest absolute Gasteiger partial charge is 0.244 e. The number of aryl methyl sites for hydroxylation is 2. The van der Waals surface area contributed by atoms with Crippen molar-refractivity contribution in [1.29, 1.82) is 0 Å². The van der Waals surface area contributed by atoms with Crippen LogP contribution in [0.5, 0.6) is 0 Å². The Bertz CT molecular complexity index is 2400. The molecule has 14 heteroatoms. The van der Waals surface area contributed by atoms with E-state index in [-0.39, 0.29) is 11.4 Å². The van der Waals surface area contributed by atoms with Crippen molar-refractivity contribution in [3.63, 3.8) is 0 Å². The zero-order valence-electron chi connectivity index (χ0n) is 38.1. The van der Waals surface area contributed by atoms with Crippen LogP contribution < -0.4 is 10.0 Å². The summed E-state index contributed by atoms with van der Waals surface area (Å²) in [5, 5.41) is 4.57. The fraction of sp³-hybridized carbons (Fsp3) is 0.560. The lowest BCUT2D eigenvalue weighted by Crippen LogP contribution is -2.47. The number of piperidine rings is 2. The lowest BCUT2D eigenvalue weighted by Gasteiger charge is -2.38. The predicted molar refractivity (Wildman–Crippen MR) is 250 cm³/mol. The number of nitrogens with one attached hydrogen (secondary N) is 2. The van der Waals surface area contributed by atoms with Crippen LogP contribution in [-0.4, -0.2) is 103 Å². The van der Waals surface area contributed by atoms with Gasteiger partial charge in [-0.2, -0.15) is 0 Å². The molecule has 2 saturated carbocycles. The predicted octanol–water partition coefficient (Wildman–Crippen LogP) is 10.3. The molecule has 4 fully saturated rings. The van der Waals surface area contributed by atoms with Gasteiger partial charge in [0.2, 0.25) is 11.9 Å². The molecule has 10 rings (SSSR count). The molecule has 2 aliphatic carbocycles. The highest BCUT2D eigenvalue weighted by molar-refractivity contribution is 5.84. The average Bonchev–Trinajstić information content (AvgIpc) is 3.90. The minimum atomic E-state index is -0.952. The summed E-state index contributed by atoms with van der Waals surface area (Å²) in [4.78, 5) is 42.9. The van der Waals surface area contributed by atoms with Gasteiger partial charge in [-0.05, 0) is 172 Å². The average molecular weight is 871 g/mol. The SMILES string of the molecule is Cc1ccc2[nH]c(-c3cnc(N(CCCC4CCN(C)CC4)N(CCCC4CCN(C)CC4)c4ncc(-c5nc6c(F)c(F)ccc6[nH]5)c(C5CCC5)n4)nc3C3CCC3)nc2c1C. The zero-order chi connectivity index (χ0) is 43.9. The molecular formula is C50H64F2N12. The summed E-state index contributed by atoms with van der Waals surface area (Å²) >= 11 is 0. The molecule has 0 atom stereocenters. The number of likely N-dealkylation sites (tertiary alicyclic amines) is 2. The molecule has 64 heavy (non-hydrogen) atoms. The first-order chi connectivity index (χ1) is 31.2. The number of hydrazine groups is 1. The highest BCUT2D eigenvalue weighted by Crippen LogP contribution is 2.43. The summed E-state index contributed by atoms with van der Waals surface area (Å²) in [6.07, 6.45) is 19.4. The number of H-pyrrole nitrogens is 2. The van der Waals surface area contributed by atoms with E-state index in [1.54, 1.807) is 0 Å². The van der Waals surface area contributed by atoms with Crippen LogP contribution >= 0.6 is 0 Å². The first kappa shape index (κ1) is 42.8. The van der Waals surface area contributed by atoms with E-state index in [2.05, 4.69) is 74.8 Å². The Labute approximate surface area is 375 Å². The molecule has 0 amide bonds. The lowest BCUT2D eigenvalue weighted by atomic mass is 9.81. The van der Waals surface area contributed by atoms with Crippen molar-refractivity contribution < 1.29 is 8.78 Å². The molecule has 2 saturated heterocycles. The number of aromatic nitrogens is 8. The Hall–Kier alpha value is -5.08. The second-order valence-electron chi connectivity index (χ2n) is 19.5. The van der Waals surface area contributed by atoms with E-state index >= 15 is 0 Å². The number of imidazole rings is 2. The van der Waals surface area contributed by atoms with Crippen LogP contribution in [0.4, 0.5) is 20.7 Å². The maximum absolute atomic E-state index is 15.0. The van der Waals surface area contributed by atoms with Gasteiger partial charge in [-0.3, -0.25) is 0 Å². The molecule has 0 bridgehead atoms. The summed E-state index contributed by atoms with van der Waals surface area (Å²) in [7, 11) is 4.45. The maximum Gasteiger partial charge on any atom is 0.244 e. The third-order valence-electron chi connectivity index (χ3n) is 15.2. The van der Waals surface area contributed by atoms with Crippen LogP contribution in [0.3, 0.4) is 0 Å². The maximum atomic E-state index is 15.0. The number of rotatable bonds is 15. The van der Waals surface area contributed by atoms with Crippen LogP contribution in [0.25, 0.3) is 44.8 Å². The largest absolute Gasteiger partial charge is 0.338 e. The number of benzene rings is 2. The van der Waals surface area contributed by atoms with Gasteiger partial charge in [0.1, 0.15) is 17.2 Å². The molecule has 6 heterocycles. The van der Waals surface area contributed by atoms with Crippen molar-refractivity contribution in [3.05, 3.63) is 70.8 Å². The number of hydrogen-bond acceptors (Lipinski definition) is 10. The van der Waals surface area contributed by atoms with E-state index in [1.165, 1.54) is 49.3 Å². The Morgan fingerprint density at radius 3 is 1.56 bits per heavy atom. The van der Waals surface area contributed by atoms with Gasteiger partial charge < -0.3 is 19.8 Å². The Morgan fingerprint density at radius 1 is 0.609 bits per heavy atom. The van der Waals surface area contributed by atoms with Crippen LogP contribution in [0.15, 0.2) is 36.7 Å². The fourth-order valence-corrected chi connectivity index (χ4v) is 10.4. The van der Waals surface area contributed by atoms with Gasteiger partial charge in [-0.15, -0.1) is 0 Å². The Kier molecular flexibility index (Phi) is 12.3. The quantitative estimate of drug-likeness (QED) is 0.0965. The summed E-state index contributed by atoms with van der Waals surface area (Å²) < 4.78 is 29.3. The molecule has 4 aliphatic rings. The monoisotopic (exact) mass is 871 g/mol. The molecule has 2 N–H and O–H groups in total. The molecule has 6 aromatic rings. The van der Waals surface area contributed by atoms with Crippen molar-refractivity contribution in [3.8, 4) is 22.8 Å². The van der Waals surface area contributed by atoms with Crippen molar-refractivity contribution in [2.75, 3.05) is 63.4 Å². The normalized spacial score (nSPS) is 18.5. The van der Waals surface area contributed by atoms with Gasteiger partial charge in [-0.1, -0.05) is 18.9 Å². The summed E-state index contributed by atoms with van der Waals surface area (Å²) in [5.41, 5.74) is 8.50. The standard InChI is InChI=1S/C50H64F2N12/c1-31-15-17-40-43(32(31)2)57-47(55-40)37-29-53-49(59-44(37)35-11-5-12-35)63(23-7-9-33-19-25-61(3)26-20-33)64(24-8-10-34-21-27-62(4)28-22-34)50-54-30-38(45(60-50)36-13-6-14-36)48-56-41-18-16-39(51)42(52)46(41)58-48/h15-18,29-30,33-36H,5-14,19-28H2,1-4H3,(H,55,57)(H,56,58). The van der Waals surface area contributed by atoms with E-state index < -0.39 is 11.6 Å². The van der Waals surface area contributed by atoms with Gasteiger partial charge in [0.05, 0.1) is 39.1 Å². The first-order valence-electron chi connectivity index (χ1n) is 24.1. The zero-order valence-corrected chi connectivity index (χ0v) is 38.1. The van der Waals surface area contributed by atoms with Crippen molar-refractivity contribution in [1.82, 2.24) is 49.7 Å². The minimum Gasteiger partial charge on any atom is -0.338 e. The molecule has 12 nitrogen and oxygen atoms in total. The van der Waals surface area contributed by atoms with Crippen molar-refractivity contribution in [2.24, 2.45) is 11.8 Å². The topological polar surface area (TPSA) is 122 Å². The Morgan fingerprint density at radius 2 is 1.08 bits per heavy atom. The molecule has 2 aliphatic heterocycles.